The summed E-state index contributed by atoms with van der Waals surface area (Å²) in [7, 11) is -2.04. The molecule has 0 N–H and O–H groups in total. The maximum absolute atomic E-state index is 13.0. The lowest BCUT2D eigenvalue weighted by Gasteiger charge is -2.22. The zero-order chi connectivity index (χ0) is 17.2. The molecule has 1 saturated carbocycles. The molecule has 0 aromatic heterocycles. The lowest BCUT2D eigenvalue weighted by atomic mass is 10.2. The van der Waals surface area contributed by atoms with Crippen LogP contribution in [0.5, 0.6) is 5.75 Å². The van der Waals surface area contributed by atoms with Gasteiger partial charge in [0.25, 0.3) is 0 Å². The second kappa shape index (κ2) is 6.63. The Morgan fingerprint density at radius 2 is 1.92 bits per heavy atom. The van der Waals surface area contributed by atoms with Crippen LogP contribution in [0, 0.1) is 11.3 Å². The number of sulfonamides is 1. The highest BCUT2D eigenvalue weighted by atomic mass is 32.2. The van der Waals surface area contributed by atoms with Crippen molar-refractivity contribution in [1.82, 2.24) is 4.31 Å². The summed E-state index contributed by atoms with van der Waals surface area (Å²) in [6.45, 7) is 0.313. The van der Waals surface area contributed by atoms with Gasteiger partial charge in [-0.3, -0.25) is 0 Å². The van der Waals surface area contributed by atoms with Crippen LogP contribution >= 0.6 is 0 Å². The maximum Gasteiger partial charge on any atom is 0.243 e. The van der Waals surface area contributed by atoms with Gasteiger partial charge in [-0.2, -0.15) is 9.57 Å². The Hall–Kier alpha value is -2.36. The average molecular weight is 342 g/mol. The van der Waals surface area contributed by atoms with Crippen molar-refractivity contribution in [1.29, 1.82) is 5.26 Å². The Bertz CT molecular complexity index is 866. The van der Waals surface area contributed by atoms with E-state index in [0.717, 1.165) is 24.2 Å². The van der Waals surface area contributed by atoms with E-state index >= 15 is 0 Å². The van der Waals surface area contributed by atoms with E-state index in [4.69, 9.17) is 10.00 Å². The van der Waals surface area contributed by atoms with Crippen LogP contribution in [0.4, 0.5) is 0 Å². The molecule has 0 radical (unpaired) electrons. The molecule has 0 aliphatic heterocycles. The van der Waals surface area contributed by atoms with Crippen LogP contribution in [-0.2, 0) is 16.6 Å². The van der Waals surface area contributed by atoms with Gasteiger partial charge < -0.3 is 4.74 Å². The minimum atomic E-state index is -3.63. The largest absolute Gasteiger partial charge is 0.497 e. The van der Waals surface area contributed by atoms with Crippen molar-refractivity contribution in [2.75, 3.05) is 7.11 Å². The van der Waals surface area contributed by atoms with Crippen molar-refractivity contribution in [2.45, 2.75) is 30.3 Å². The molecule has 1 aliphatic rings. The fraction of sp³-hybridized carbons (Fsp3) is 0.278. The number of nitrogens with zero attached hydrogens (tertiary/aromatic N) is 2. The van der Waals surface area contributed by atoms with Crippen LogP contribution in [0.25, 0.3) is 0 Å². The summed E-state index contributed by atoms with van der Waals surface area (Å²) in [5, 5.41) is 9.00. The number of methoxy groups -OCH3 is 1. The quantitative estimate of drug-likeness (QED) is 0.809. The van der Waals surface area contributed by atoms with Crippen LogP contribution in [-0.4, -0.2) is 25.9 Å². The molecule has 2 aromatic carbocycles. The molecule has 0 atom stereocenters. The third-order valence-corrected chi connectivity index (χ3v) is 5.92. The van der Waals surface area contributed by atoms with Gasteiger partial charge in [0, 0.05) is 12.6 Å². The van der Waals surface area contributed by atoms with E-state index in [1.807, 2.05) is 30.3 Å². The first-order chi connectivity index (χ1) is 11.5. The lowest BCUT2D eigenvalue weighted by molar-refractivity contribution is 0.397. The fourth-order valence-corrected chi connectivity index (χ4v) is 4.26. The van der Waals surface area contributed by atoms with Crippen molar-refractivity contribution >= 4 is 10.0 Å². The maximum atomic E-state index is 13.0. The Kier molecular flexibility index (Phi) is 4.56. The molecule has 6 heteroatoms. The number of nitriles is 1. The molecule has 0 bridgehead atoms. The normalized spacial score (nSPS) is 14.4. The Balaban J connectivity index is 1.90. The SMILES string of the molecule is COc1ccc(CN(C2CC2)S(=O)(=O)c2cccc(C#N)c2)cc1. The number of hydrogen-bond donors (Lipinski definition) is 0. The molecule has 1 fully saturated rings. The summed E-state index contributed by atoms with van der Waals surface area (Å²) in [5.41, 5.74) is 1.25. The first-order valence-electron chi connectivity index (χ1n) is 7.69. The van der Waals surface area contributed by atoms with Gasteiger partial charge >= 0.3 is 0 Å². The highest BCUT2D eigenvalue weighted by molar-refractivity contribution is 7.89. The molecule has 124 valence electrons. The summed E-state index contributed by atoms with van der Waals surface area (Å²) >= 11 is 0. The minimum Gasteiger partial charge on any atom is -0.497 e. The topological polar surface area (TPSA) is 70.4 Å². The molecule has 3 rings (SSSR count). The Morgan fingerprint density at radius 1 is 1.21 bits per heavy atom. The molecule has 0 amide bonds. The molecular weight excluding hydrogens is 324 g/mol. The number of hydrogen-bond acceptors (Lipinski definition) is 4. The number of benzene rings is 2. The summed E-state index contributed by atoms with van der Waals surface area (Å²) in [4.78, 5) is 0.168. The van der Waals surface area contributed by atoms with Crippen LogP contribution in [0.3, 0.4) is 0 Å². The standard InChI is InChI=1S/C18H18N2O3S/c1-23-17-9-5-14(6-10-17)13-20(16-7-8-16)24(21,22)18-4-2-3-15(11-18)12-19/h2-6,9-11,16H,7-8,13H2,1H3. The summed E-state index contributed by atoms with van der Waals surface area (Å²) in [6, 6.07) is 15.6. The fourth-order valence-electron chi connectivity index (χ4n) is 2.55. The third kappa shape index (κ3) is 3.42. The van der Waals surface area contributed by atoms with Gasteiger partial charge in [0.2, 0.25) is 10.0 Å². The molecule has 0 heterocycles. The van der Waals surface area contributed by atoms with Crippen LogP contribution < -0.4 is 4.74 Å². The Morgan fingerprint density at radius 3 is 2.50 bits per heavy atom. The molecule has 24 heavy (non-hydrogen) atoms. The molecule has 1 aliphatic carbocycles. The van der Waals surface area contributed by atoms with Crippen LogP contribution in [0.2, 0.25) is 0 Å². The molecule has 2 aromatic rings. The van der Waals surface area contributed by atoms with Crippen molar-refractivity contribution < 1.29 is 13.2 Å². The first kappa shape index (κ1) is 16.5. The van der Waals surface area contributed by atoms with Crippen molar-refractivity contribution in [3.05, 3.63) is 59.7 Å². The zero-order valence-corrected chi connectivity index (χ0v) is 14.2. The predicted molar refractivity (Wildman–Crippen MR) is 89.9 cm³/mol. The first-order valence-corrected chi connectivity index (χ1v) is 9.13. The van der Waals surface area contributed by atoms with E-state index in [2.05, 4.69) is 0 Å². The average Bonchev–Trinajstić information content (AvgIpc) is 3.45. The van der Waals surface area contributed by atoms with Crippen LogP contribution in [0.1, 0.15) is 24.0 Å². The number of rotatable bonds is 6. The summed E-state index contributed by atoms with van der Waals surface area (Å²) in [6.07, 6.45) is 1.74. The van der Waals surface area contributed by atoms with Crippen molar-refractivity contribution in [2.24, 2.45) is 0 Å². The van der Waals surface area contributed by atoms with Gasteiger partial charge in [-0.15, -0.1) is 0 Å². The minimum absolute atomic E-state index is 0.0304. The van der Waals surface area contributed by atoms with E-state index in [1.165, 1.54) is 10.4 Å². The van der Waals surface area contributed by atoms with E-state index in [-0.39, 0.29) is 10.9 Å². The Labute approximate surface area is 142 Å². The van der Waals surface area contributed by atoms with Crippen molar-refractivity contribution in [3.8, 4) is 11.8 Å². The van der Waals surface area contributed by atoms with Gasteiger partial charge in [-0.1, -0.05) is 18.2 Å². The monoisotopic (exact) mass is 342 g/mol. The number of ether oxygens (including phenoxy) is 1. The van der Waals surface area contributed by atoms with Gasteiger partial charge in [0.1, 0.15) is 5.75 Å². The second-order valence-corrected chi connectivity index (χ2v) is 7.66. The zero-order valence-electron chi connectivity index (χ0n) is 13.3. The molecule has 0 spiro atoms. The van der Waals surface area contributed by atoms with Gasteiger partial charge in [0.15, 0.2) is 0 Å². The van der Waals surface area contributed by atoms with Crippen LogP contribution in [0.15, 0.2) is 53.4 Å². The summed E-state index contributed by atoms with van der Waals surface area (Å²) in [5.74, 6) is 0.737. The van der Waals surface area contributed by atoms with Gasteiger partial charge in [-0.25, -0.2) is 8.42 Å². The smallest absolute Gasteiger partial charge is 0.243 e. The highest BCUT2D eigenvalue weighted by Gasteiger charge is 2.38. The van der Waals surface area contributed by atoms with Crippen molar-refractivity contribution in [3.63, 3.8) is 0 Å². The van der Waals surface area contributed by atoms with E-state index in [0.29, 0.717) is 12.1 Å². The van der Waals surface area contributed by atoms with E-state index in [9.17, 15) is 8.42 Å². The molecule has 5 nitrogen and oxygen atoms in total. The molecule has 0 unspecified atom stereocenters. The summed E-state index contributed by atoms with van der Waals surface area (Å²) < 4.78 is 32.7. The molecule has 0 saturated heterocycles. The van der Waals surface area contributed by atoms with E-state index < -0.39 is 10.0 Å². The van der Waals surface area contributed by atoms with Gasteiger partial charge in [0.05, 0.1) is 23.6 Å². The highest BCUT2D eigenvalue weighted by Crippen LogP contribution is 2.33. The lowest BCUT2D eigenvalue weighted by Crippen LogP contribution is -2.32. The second-order valence-electron chi connectivity index (χ2n) is 5.77. The van der Waals surface area contributed by atoms with E-state index in [1.54, 1.807) is 25.3 Å². The van der Waals surface area contributed by atoms with Gasteiger partial charge in [-0.05, 0) is 48.7 Å². The molecular formula is C18H18N2O3S. The third-order valence-electron chi connectivity index (χ3n) is 4.02. The predicted octanol–water partition coefficient (Wildman–Crippen LogP) is 2.92.